The van der Waals surface area contributed by atoms with E-state index in [-0.39, 0.29) is 18.5 Å². The molecule has 9 heteroatoms. The summed E-state index contributed by atoms with van der Waals surface area (Å²) in [4.78, 5) is 21.4. The first-order chi connectivity index (χ1) is 10.8. The van der Waals surface area contributed by atoms with Gasteiger partial charge in [0.1, 0.15) is 12.4 Å². The molecule has 1 N–H and O–H groups in total. The normalized spacial score (nSPS) is 18.6. The van der Waals surface area contributed by atoms with Gasteiger partial charge in [-0.05, 0) is 25.8 Å². The lowest BCUT2D eigenvalue weighted by Gasteiger charge is -2.23. The quantitative estimate of drug-likeness (QED) is 0.940. The van der Waals surface area contributed by atoms with E-state index in [0.29, 0.717) is 12.4 Å². The highest BCUT2D eigenvalue weighted by Gasteiger charge is 2.35. The number of carbonyl (C=O) groups excluding carboxylic acids is 1. The maximum atomic E-state index is 12.5. The summed E-state index contributed by atoms with van der Waals surface area (Å²) in [6, 6.07) is 0.707. The summed E-state index contributed by atoms with van der Waals surface area (Å²) in [7, 11) is 0. The van der Waals surface area contributed by atoms with Crippen LogP contribution in [-0.4, -0.2) is 37.1 Å². The van der Waals surface area contributed by atoms with Gasteiger partial charge in [-0.1, -0.05) is 0 Å². The van der Waals surface area contributed by atoms with Gasteiger partial charge in [-0.3, -0.25) is 9.48 Å². The van der Waals surface area contributed by atoms with Gasteiger partial charge in [0.25, 0.3) is 0 Å². The molecule has 23 heavy (non-hydrogen) atoms. The SMILES string of the molecule is Cc1cnc([C@H]2CCCN2C(=O)Cn2ccc(C(F)(F)F)n2)[nH]1. The molecule has 1 saturated heterocycles. The van der Waals surface area contributed by atoms with Crippen molar-refractivity contribution < 1.29 is 18.0 Å². The van der Waals surface area contributed by atoms with Crippen molar-refractivity contribution in [3.63, 3.8) is 0 Å². The second-order valence-electron chi connectivity index (χ2n) is 5.59. The molecule has 1 atom stereocenters. The average Bonchev–Trinajstić information content (AvgIpc) is 3.15. The standard InChI is InChI=1S/C14H16F3N5O/c1-9-7-18-13(19-9)10-3-2-5-22(10)12(23)8-21-6-4-11(20-21)14(15,16)17/h4,6-7,10H,2-3,5,8H2,1H3,(H,18,19)/t10-/m1/s1. The van der Waals surface area contributed by atoms with Crippen LogP contribution in [0.4, 0.5) is 13.2 Å². The van der Waals surface area contributed by atoms with Gasteiger partial charge < -0.3 is 9.88 Å². The maximum Gasteiger partial charge on any atom is 0.435 e. The number of halogens is 3. The van der Waals surface area contributed by atoms with Crippen LogP contribution < -0.4 is 0 Å². The zero-order valence-corrected chi connectivity index (χ0v) is 12.5. The van der Waals surface area contributed by atoms with E-state index in [1.54, 1.807) is 11.1 Å². The molecule has 0 bridgehead atoms. The Hall–Kier alpha value is -2.32. The van der Waals surface area contributed by atoms with E-state index in [4.69, 9.17) is 0 Å². The molecule has 0 spiro atoms. The van der Waals surface area contributed by atoms with E-state index in [1.807, 2.05) is 6.92 Å². The Morgan fingerprint density at radius 2 is 2.26 bits per heavy atom. The van der Waals surface area contributed by atoms with E-state index in [2.05, 4.69) is 15.1 Å². The van der Waals surface area contributed by atoms with Gasteiger partial charge >= 0.3 is 6.18 Å². The highest BCUT2D eigenvalue weighted by atomic mass is 19.4. The van der Waals surface area contributed by atoms with Crippen LogP contribution in [0, 0.1) is 6.92 Å². The highest BCUT2D eigenvalue weighted by molar-refractivity contribution is 5.76. The minimum atomic E-state index is -4.50. The van der Waals surface area contributed by atoms with Crippen molar-refractivity contribution in [2.24, 2.45) is 0 Å². The van der Waals surface area contributed by atoms with Crippen LogP contribution in [0.15, 0.2) is 18.5 Å². The number of aromatic amines is 1. The summed E-state index contributed by atoms with van der Waals surface area (Å²) < 4.78 is 38.6. The van der Waals surface area contributed by atoms with Crippen LogP contribution in [0.1, 0.15) is 36.1 Å². The Bertz CT molecular complexity index is 705. The number of amides is 1. The molecule has 3 rings (SSSR count). The summed E-state index contributed by atoms with van der Waals surface area (Å²) in [6.07, 6.45) is -0.0207. The molecule has 2 aromatic heterocycles. The summed E-state index contributed by atoms with van der Waals surface area (Å²) in [6.45, 7) is 2.23. The maximum absolute atomic E-state index is 12.5. The molecule has 124 valence electrons. The van der Waals surface area contributed by atoms with Crippen molar-refractivity contribution in [1.29, 1.82) is 0 Å². The smallest absolute Gasteiger partial charge is 0.344 e. The summed E-state index contributed by atoms with van der Waals surface area (Å²) in [5.41, 5.74) is -0.0916. The molecule has 1 fully saturated rings. The van der Waals surface area contributed by atoms with Gasteiger partial charge in [0.05, 0.1) is 6.04 Å². The van der Waals surface area contributed by atoms with E-state index in [9.17, 15) is 18.0 Å². The fourth-order valence-corrected chi connectivity index (χ4v) is 2.78. The number of nitrogens with zero attached hydrogens (tertiary/aromatic N) is 4. The van der Waals surface area contributed by atoms with Crippen LogP contribution in [0.2, 0.25) is 0 Å². The second-order valence-corrected chi connectivity index (χ2v) is 5.59. The third kappa shape index (κ3) is 3.22. The lowest BCUT2D eigenvalue weighted by Crippen LogP contribution is -2.34. The molecule has 3 heterocycles. The zero-order chi connectivity index (χ0) is 16.6. The number of carbonyl (C=O) groups is 1. The summed E-state index contributed by atoms with van der Waals surface area (Å²) in [5.74, 6) is 0.447. The number of imidazole rings is 1. The fourth-order valence-electron chi connectivity index (χ4n) is 2.78. The molecule has 0 radical (unpaired) electrons. The minimum absolute atomic E-state index is 0.158. The Balaban J connectivity index is 1.71. The van der Waals surface area contributed by atoms with E-state index in [0.717, 1.165) is 29.3 Å². The Morgan fingerprint density at radius 1 is 1.48 bits per heavy atom. The summed E-state index contributed by atoms with van der Waals surface area (Å²) >= 11 is 0. The predicted molar refractivity (Wildman–Crippen MR) is 74.2 cm³/mol. The number of nitrogens with one attached hydrogen (secondary N) is 1. The molecular formula is C14H16F3N5O. The molecule has 0 unspecified atom stereocenters. The van der Waals surface area contributed by atoms with Gasteiger partial charge in [0.15, 0.2) is 5.69 Å². The first-order valence-electron chi connectivity index (χ1n) is 7.26. The van der Waals surface area contributed by atoms with Crippen LogP contribution in [0.25, 0.3) is 0 Å². The number of H-pyrrole nitrogens is 1. The number of likely N-dealkylation sites (tertiary alicyclic amines) is 1. The molecule has 2 aromatic rings. The predicted octanol–water partition coefficient (Wildman–Crippen LogP) is 2.30. The number of aromatic nitrogens is 4. The lowest BCUT2D eigenvalue weighted by atomic mass is 10.2. The number of rotatable bonds is 3. The lowest BCUT2D eigenvalue weighted by molar-refractivity contribution is -0.142. The van der Waals surface area contributed by atoms with Crippen LogP contribution in [0.3, 0.4) is 0 Å². The number of hydrogen-bond donors (Lipinski definition) is 1. The number of hydrogen-bond acceptors (Lipinski definition) is 3. The molecule has 1 aliphatic heterocycles. The number of alkyl halides is 3. The van der Waals surface area contributed by atoms with Gasteiger partial charge in [-0.25, -0.2) is 4.98 Å². The third-order valence-corrected chi connectivity index (χ3v) is 3.84. The van der Waals surface area contributed by atoms with Crippen LogP contribution >= 0.6 is 0 Å². The van der Waals surface area contributed by atoms with Crippen LogP contribution in [0.5, 0.6) is 0 Å². The molecule has 1 amide bonds. The average molecular weight is 327 g/mol. The molecule has 1 aliphatic rings. The number of aryl methyl sites for hydroxylation is 1. The Kier molecular flexibility index (Phi) is 3.87. The van der Waals surface area contributed by atoms with Crippen molar-refractivity contribution in [2.45, 2.75) is 38.5 Å². The second kappa shape index (κ2) is 5.71. The monoisotopic (exact) mass is 327 g/mol. The summed E-state index contributed by atoms with van der Waals surface area (Å²) in [5, 5.41) is 3.42. The molecule has 0 aromatic carbocycles. The van der Waals surface area contributed by atoms with Crippen LogP contribution in [-0.2, 0) is 17.5 Å². The first kappa shape index (κ1) is 15.6. The van der Waals surface area contributed by atoms with Crippen molar-refractivity contribution in [2.75, 3.05) is 6.54 Å². The molecule has 6 nitrogen and oxygen atoms in total. The highest BCUT2D eigenvalue weighted by Crippen LogP contribution is 2.31. The zero-order valence-electron chi connectivity index (χ0n) is 12.5. The molecular weight excluding hydrogens is 311 g/mol. The fraction of sp³-hybridized carbons (Fsp3) is 0.500. The third-order valence-electron chi connectivity index (χ3n) is 3.84. The van der Waals surface area contributed by atoms with E-state index < -0.39 is 11.9 Å². The Morgan fingerprint density at radius 3 is 2.87 bits per heavy atom. The first-order valence-corrected chi connectivity index (χ1v) is 7.26. The largest absolute Gasteiger partial charge is 0.435 e. The van der Waals surface area contributed by atoms with Crippen molar-refractivity contribution >= 4 is 5.91 Å². The van der Waals surface area contributed by atoms with Gasteiger partial charge in [-0.15, -0.1) is 0 Å². The molecule has 0 saturated carbocycles. The topological polar surface area (TPSA) is 66.8 Å². The molecule has 0 aliphatic carbocycles. The van der Waals surface area contributed by atoms with Gasteiger partial charge in [0.2, 0.25) is 5.91 Å². The van der Waals surface area contributed by atoms with Crippen molar-refractivity contribution in [3.8, 4) is 0 Å². The van der Waals surface area contributed by atoms with E-state index >= 15 is 0 Å². The Labute approximate surface area is 130 Å². The van der Waals surface area contributed by atoms with Crippen molar-refractivity contribution in [3.05, 3.63) is 35.7 Å². The van der Waals surface area contributed by atoms with E-state index in [1.165, 1.54) is 6.20 Å². The van der Waals surface area contributed by atoms with Crippen molar-refractivity contribution in [1.82, 2.24) is 24.6 Å². The van der Waals surface area contributed by atoms with Gasteiger partial charge in [-0.2, -0.15) is 18.3 Å². The van der Waals surface area contributed by atoms with Gasteiger partial charge in [0, 0.05) is 24.6 Å². The minimum Gasteiger partial charge on any atom is -0.344 e.